The lowest BCUT2D eigenvalue weighted by Gasteiger charge is -2.19. The van der Waals surface area contributed by atoms with Crippen LogP contribution in [0.2, 0.25) is 0 Å². The second kappa shape index (κ2) is 12.2. The summed E-state index contributed by atoms with van der Waals surface area (Å²) in [6.45, 7) is 0.808. The summed E-state index contributed by atoms with van der Waals surface area (Å²) in [7, 11) is 1.54. The number of benzene rings is 2. The summed E-state index contributed by atoms with van der Waals surface area (Å²) >= 11 is 4.06. The van der Waals surface area contributed by atoms with Gasteiger partial charge in [-0.2, -0.15) is 0 Å². The van der Waals surface area contributed by atoms with Crippen LogP contribution in [0.25, 0.3) is 0 Å². The Bertz CT molecular complexity index is 810. The van der Waals surface area contributed by atoms with Gasteiger partial charge in [0.15, 0.2) is 0 Å². The first-order valence-electron chi connectivity index (χ1n) is 8.81. The molecule has 1 atom stereocenters. The number of nitrogens with one attached hydrogen (secondary N) is 2. The van der Waals surface area contributed by atoms with Gasteiger partial charge in [-0.3, -0.25) is 4.79 Å². The number of hydrogen-bond acceptors (Lipinski definition) is 5. The lowest BCUT2D eigenvalue weighted by Crippen LogP contribution is -2.48. The molecule has 0 saturated carbocycles. The van der Waals surface area contributed by atoms with Crippen LogP contribution in [0.5, 0.6) is 5.75 Å². The molecule has 0 heterocycles. The minimum Gasteiger partial charge on any atom is -0.506 e. The predicted octanol–water partition coefficient (Wildman–Crippen LogP) is 3.20. The van der Waals surface area contributed by atoms with Crippen LogP contribution >= 0.6 is 45.2 Å². The number of methoxy groups -OCH3 is 1. The van der Waals surface area contributed by atoms with Gasteiger partial charge in [0.05, 0.1) is 13.7 Å². The molecule has 0 fully saturated rings. The van der Waals surface area contributed by atoms with Gasteiger partial charge in [-0.15, -0.1) is 0 Å². The van der Waals surface area contributed by atoms with E-state index in [1.165, 1.54) is 0 Å². The van der Waals surface area contributed by atoms with Crippen molar-refractivity contribution in [1.29, 1.82) is 0 Å². The molecule has 2 aromatic rings. The zero-order valence-electron chi connectivity index (χ0n) is 15.8. The van der Waals surface area contributed by atoms with Crippen LogP contribution in [0.3, 0.4) is 0 Å². The number of rotatable bonds is 9. The van der Waals surface area contributed by atoms with Crippen LogP contribution in [0.15, 0.2) is 42.5 Å². The van der Waals surface area contributed by atoms with Crippen molar-refractivity contribution in [3.05, 3.63) is 60.7 Å². The Morgan fingerprint density at radius 3 is 2.38 bits per heavy atom. The highest BCUT2D eigenvalue weighted by molar-refractivity contribution is 14.1. The molecule has 29 heavy (non-hydrogen) atoms. The average molecular weight is 624 g/mol. The highest BCUT2D eigenvalue weighted by Gasteiger charge is 2.22. The normalized spacial score (nSPS) is 11.6. The van der Waals surface area contributed by atoms with E-state index in [2.05, 4.69) is 10.6 Å². The molecule has 9 heteroatoms. The molecule has 3 N–H and O–H groups in total. The fourth-order valence-electron chi connectivity index (χ4n) is 2.49. The molecule has 7 nitrogen and oxygen atoms in total. The number of carbonyl (C=O) groups is 2. The summed E-state index contributed by atoms with van der Waals surface area (Å²) in [5, 5.41) is 15.3. The summed E-state index contributed by atoms with van der Waals surface area (Å²) in [5.41, 5.74) is 1.67. The first-order valence-corrected chi connectivity index (χ1v) is 11.0. The molecule has 0 saturated heterocycles. The number of alkyl carbamates (subject to hydrolysis) is 1. The van der Waals surface area contributed by atoms with Gasteiger partial charge in [0.2, 0.25) is 5.91 Å². The Morgan fingerprint density at radius 1 is 1.10 bits per heavy atom. The van der Waals surface area contributed by atoms with E-state index in [0.29, 0.717) is 20.3 Å². The maximum Gasteiger partial charge on any atom is 0.408 e. The number of phenolic OH excluding ortho intramolecular Hbond substituents is 1. The summed E-state index contributed by atoms with van der Waals surface area (Å²) in [4.78, 5) is 24.8. The third-order valence-electron chi connectivity index (χ3n) is 3.94. The molecule has 2 rings (SSSR count). The van der Waals surface area contributed by atoms with Crippen molar-refractivity contribution >= 4 is 57.2 Å². The van der Waals surface area contributed by atoms with Crippen molar-refractivity contribution in [3.63, 3.8) is 0 Å². The van der Waals surface area contributed by atoms with Gasteiger partial charge >= 0.3 is 6.09 Å². The van der Waals surface area contributed by atoms with Crippen molar-refractivity contribution in [1.82, 2.24) is 10.6 Å². The quantitative estimate of drug-likeness (QED) is 0.295. The van der Waals surface area contributed by atoms with E-state index >= 15 is 0 Å². The Labute approximate surface area is 196 Å². The number of carbonyl (C=O) groups excluding carboxylic acids is 2. The summed E-state index contributed by atoms with van der Waals surface area (Å²) in [6.07, 6.45) is -0.421. The third kappa shape index (κ3) is 7.97. The van der Waals surface area contributed by atoms with Gasteiger partial charge < -0.3 is 25.2 Å². The summed E-state index contributed by atoms with van der Waals surface area (Å²) in [6, 6.07) is 12.0. The minimum absolute atomic E-state index is 0.111. The van der Waals surface area contributed by atoms with E-state index in [1.807, 2.05) is 75.5 Å². The largest absolute Gasteiger partial charge is 0.506 e. The topological polar surface area (TPSA) is 96.9 Å². The van der Waals surface area contributed by atoms with Crippen LogP contribution in [-0.4, -0.2) is 43.4 Å². The van der Waals surface area contributed by atoms with Gasteiger partial charge in [-0.05, 0) is 68.4 Å². The van der Waals surface area contributed by atoms with Crippen LogP contribution in [0.1, 0.15) is 11.1 Å². The van der Waals surface area contributed by atoms with E-state index in [0.717, 1.165) is 11.1 Å². The fraction of sp³-hybridized carbons (Fsp3) is 0.300. The Balaban J connectivity index is 2.05. The van der Waals surface area contributed by atoms with E-state index in [4.69, 9.17) is 9.47 Å². The molecule has 0 aliphatic heterocycles. The smallest absolute Gasteiger partial charge is 0.408 e. The first-order chi connectivity index (χ1) is 13.9. The molecular formula is C20H22I2N2O5. The molecule has 156 valence electrons. The maximum atomic E-state index is 12.6. The van der Waals surface area contributed by atoms with Crippen molar-refractivity contribution in [2.24, 2.45) is 0 Å². The number of aromatic hydroxyl groups is 1. The van der Waals surface area contributed by atoms with E-state index in [1.54, 1.807) is 19.2 Å². The maximum absolute atomic E-state index is 12.6. The molecule has 0 unspecified atom stereocenters. The molecule has 0 aliphatic rings. The SMILES string of the molecule is COCCNC(=O)[C@@H](Cc1cc(I)c(O)c(I)c1)NC(=O)OCc1ccccc1. The summed E-state index contributed by atoms with van der Waals surface area (Å²) in [5.74, 6) is -0.136. The van der Waals surface area contributed by atoms with Gasteiger partial charge in [-0.1, -0.05) is 30.3 Å². The molecule has 2 amide bonds. The molecule has 2 aromatic carbocycles. The highest BCUT2D eigenvalue weighted by atomic mass is 127. The third-order valence-corrected chi connectivity index (χ3v) is 5.59. The van der Waals surface area contributed by atoms with Crippen LogP contribution in [0, 0.1) is 7.14 Å². The molecule has 0 aliphatic carbocycles. The van der Waals surface area contributed by atoms with Crippen molar-refractivity contribution in [3.8, 4) is 5.75 Å². The lowest BCUT2D eigenvalue weighted by atomic mass is 10.1. The standard InChI is InChI=1S/C20H22I2N2O5/c1-28-8-7-23-19(26)17(11-14-9-15(21)18(25)16(22)10-14)24-20(27)29-12-13-5-3-2-4-6-13/h2-6,9-10,17,25H,7-8,11-12H2,1H3,(H,23,26)(H,24,27)/t17-/m1/s1. The van der Waals surface area contributed by atoms with Crippen LogP contribution in [0.4, 0.5) is 4.79 Å². The number of phenols is 1. The van der Waals surface area contributed by atoms with Crippen molar-refractivity contribution < 1.29 is 24.2 Å². The van der Waals surface area contributed by atoms with Crippen molar-refractivity contribution in [2.75, 3.05) is 20.3 Å². The Hall–Kier alpha value is -1.60. The van der Waals surface area contributed by atoms with Crippen LogP contribution < -0.4 is 10.6 Å². The van der Waals surface area contributed by atoms with Gasteiger partial charge in [-0.25, -0.2) is 4.79 Å². The van der Waals surface area contributed by atoms with E-state index in [9.17, 15) is 14.7 Å². The monoisotopic (exact) mass is 624 g/mol. The van der Waals surface area contributed by atoms with E-state index < -0.39 is 12.1 Å². The zero-order chi connectivity index (χ0) is 21.2. The summed E-state index contributed by atoms with van der Waals surface area (Å²) < 4.78 is 11.5. The molecule has 0 spiro atoms. The van der Waals surface area contributed by atoms with Gasteiger partial charge in [0, 0.05) is 20.1 Å². The molecule has 0 aromatic heterocycles. The highest BCUT2D eigenvalue weighted by Crippen LogP contribution is 2.27. The van der Waals surface area contributed by atoms with Gasteiger partial charge in [0.1, 0.15) is 18.4 Å². The van der Waals surface area contributed by atoms with Gasteiger partial charge in [0.25, 0.3) is 0 Å². The Kier molecular flexibility index (Phi) is 9.94. The minimum atomic E-state index is -0.828. The predicted molar refractivity (Wildman–Crippen MR) is 126 cm³/mol. The molecular weight excluding hydrogens is 602 g/mol. The second-order valence-electron chi connectivity index (χ2n) is 6.15. The average Bonchev–Trinajstić information content (AvgIpc) is 2.71. The zero-order valence-corrected chi connectivity index (χ0v) is 20.1. The molecule has 0 radical (unpaired) electrons. The van der Waals surface area contributed by atoms with Crippen LogP contribution in [-0.2, 0) is 27.3 Å². The van der Waals surface area contributed by atoms with E-state index in [-0.39, 0.29) is 24.7 Å². The second-order valence-corrected chi connectivity index (χ2v) is 8.48. The first kappa shape index (κ1) is 23.7. The number of halogens is 2. The van der Waals surface area contributed by atoms with Crippen molar-refractivity contribution in [2.45, 2.75) is 19.1 Å². The Morgan fingerprint density at radius 2 is 1.76 bits per heavy atom. The molecule has 0 bridgehead atoms. The number of ether oxygens (including phenoxy) is 2. The number of amides is 2. The number of hydrogen-bond donors (Lipinski definition) is 3. The lowest BCUT2D eigenvalue weighted by molar-refractivity contribution is -0.123. The fourth-order valence-corrected chi connectivity index (χ4v) is 4.38.